The Bertz CT molecular complexity index is 700. The first-order chi connectivity index (χ1) is 10.0. The number of aryl methyl sites for hydroxylation is 1. The number of pyridine rings is 1. The Balaban J connectivity index is 2.27. The van der Waals surface area contributed by atoms with Crippen LogP contribution in [0.4, 0.5) is 11.4 Å². The molecule has 1 heterocycles. The number of hydrogen-bond donors (Lipinski definition) is 1. The van der Waals surface area contributed by atoms with Crippen LogP contribution < -0.4 is 10.1 Å². The highest BCUT2D eigenvalue weighted by Crippen LogP contribution is 2.27. The Labute approximate surface area is 120 Å². The number of hydrogen-bond acceptors (Lipinski definition) is 5. The number of benzene rings is 1. The average Bonchev–Trinajstić information content (AvgIpc) is 2.46. The summed E-state index contributed by atoms with van der Waals surface area (Å²) in [6.45, 7) is 1.80. The summed E-state index contributed by atoms with van der Waals surface area (Å²) in [6.07, 6.45) is 1.57. The summed E-state index contributed by atoms with van der Waals surface area (Å²) >= 11 is 0. The first kappa shape index (κ1) is 14.4. The van der Waals surface area contributed by atoms with Crippen molar-refractivity contribution in [1.82, 2.24) is 4.98 Å². The molecule has 0 aliphatic carbocycles. The number of anilines is 1. The van der Waals surface area contributed by atoms with Crippen LogP contribution in [0.3, 0.4) is 0 Å². The van der Waals surface area contributed by atoms with E-state index in [0.717, 1.165) is 5.69 Å². The Hall–Kier alpha value is -2.96. The number of aromatic nitrogens is 1. The van der Waals surface area contributed by atoms with Gasteiger partial charge in [0.2, 0.25) is 0 Å². The molecule has 21 heavy (non-hydrogen) atoms. The zero-order valence-corrected chi connectivity index (χ0v) is 11.5. The highest BCUT2D eigenvalue weighted by Gasteiger charge is 2.18. The topological polar surface area (TPSA) is 94.4 Å². The predicted octanol–water partition coefficient (Wildman–Crippen LogP) is 2.56. The van der Waals surface area contributed by atoms with E-state index >= 15 is 0 Å². The van der Waals surface area contributed by atoms with Crippen molar-refractivity contribution in [2.24, 2.45) is 0 Å². The standard InChI is InChI=1S/C14H13N3O4/c1-9-7-11(5-6-15-9)16-14(18)10-3-4-13(21-2)12(8-10)17(19)20/h3-8H,1-2H3,(H,15,16,18). The number of nitrogens with one attached hydrogen (secondary N) is 1. The molecule has 108 valence electrons. The third kappa shape index (κ3) is 3.33. The minimum absolute atomic E-state index is 0.108. The van der Waals surface area contributed by atoms with Crippen LogP contribution in [0.2, 0.25) is 0 Å². The van der Waals surface area contributed by atoms with Gasteiger partial charge in [-0.2, -0.15) is 0 Å². The lowest BCUT2D eigenvalue weighted by Gasteiger charge is -2.07. The van der Waals surface area contributed by atoms with Gasteiger partial charge in [-0.3, -0.25) is 19.9 Å². The molecule has 0 radical (unpaired) electrons. The second-order valence-corrected chi connectivity index (χ2v) is 4.28. The minimum atomic E-state index is -0.591. The van der Waals surface area contributed by atoms with Crippen LogP contribution in [0.15, 0.2) is 36.5 Å². The van der Waals surface area contributed by atoms with Crippen LogP contribution in [-0.4, -0.2) is 22.9 Å². The molecule has 0 fully saturated rings. The molecule has 1 amide bonds. The van der Waals surface area contributed by atoms with E-state index < -0.39 is 10.8 Å². The first-order valence-electron chi connectivity index (χ1n) is 6.07. The summed E-state index contributed by atoms with van der Waals surface area (Å²) in [5, 5.41) is 13.6. The number of carbonyl (C=O) groups excluding carboxylic acids is 1. The molecule has 2 aromatic rings. The molecule has 0 spiro atoms. The number of nitrogens with zero attached hydrogens (tertiary/aromatic N) is 2. The molecule has 2 rings (SSSR count). The Morgan fingerprint density at radius 1 is 1.33 bits per heavy atom. The Kier molecular flexibility index (Phi) is 4.13. The van der Waals surface area contributed by atoms with E-state index in [-0.39, 0.29) is 17.0 Å². The van der Waals surface area contributed by atoms with Crippen molar-refractivity contribution in [3.63, 3.8) is 0 Å². The van der Waals surface area contributed by atoms with Gasteiger partial charge in [-0.15, -0.1) is 0 Å². The molecular formula is C14H13N3O4. The molecule has 7 heteroatoms. The third-order valence-electron chi connectivity index (χ3n) is 2.79. The van der Waals surface area contributed by atoms with Gasteiger partial charge in [0, 0.05) is 29.2 Å². The SMILES string of the molecule is COc1ccc(C(=O)Nc2ccnc(C)c2)cc1[N+](=O)[O-]. The second-order valence-electron chi connectivity index (χ2n) is 4.28. The summed E-state index contributed by atoms with van der Waals surface area (Å²) in [5.41, 5.74) is 1.26. The Morgan fingerprint density at radius 2 is 2.10 bits per heavy atom. The fraction of sp³-hybridized carbons (Fsp3) is 0.143. The number of ether oxygens (including phenoxy) is 1. The highest BCUT2D eigenvalue weighted by molar-refractivity contribution is 6.04. The maximum Gasteiger partial charge on any atom is 0.311 e. The summed E-state index contributed by atoms with van der Waals surface area (Å²) in [5.74, 6) is -0.331. The first-order valence-corrected chi connectivity index (χ1v) is 6.07. The van der Waals surface area contributed by atoms with Crippen LogP contribution in [0.1, 0.15) is 16.1 Å². The van der Waals surface area contributed by atoms with E-state index in [1.165, 1.54) is 25.3 Å². The molecule has 1 aromatic carbocycles. The van der Waals surface area contributed by atoms with Gasteiger partial charge in [0.05, 0.1) is 12.0 Å². The monoisotopic (exact) mass is 287 g/mol. The van der Waals surface area contributed by atoms with Gasteiger partial charge in [-0.05, 0) is 31.2 Å². The summed E-state index contributed by atoms with van der Waals surface area (Å²) in [6, 6.07) is 7.39. The summed E-state index contributed by atoms with van der Waals surface area (Å²) in [7, 11) is 1.34. The predicted molar refractivity (Wildman–Crippen MR) is 76.6 cm³/mol. The zero-order chi connectivity index (χ0) is 15.4. The van der Waals surface area contributed by atoms with Gasteiger partial charge in [-0.1, -0.05) is 0 Å². The van der Waals surface area contributed by atoms with E-state index in [1.54, 1.807) is 25.3 Å². The van der Waals surface area contributed by atoms with E-state index in [4.69, 9.17) is 4.74 Å². The summed E-state index contributed by atoms with van der Waals surface area (Å²) < 4.78 is 4.89. The van der Waals surface area contributed by atoms with Gasteiger partial charge in [0.25, 0.3) is 5.91 Å². The van der Waals surface area contributed by atoms with Crippen molar-refractivity contribution < 1.29 is 14.5 Å². The fourth-order valence-corrected chi connectivity index (χ4v) is 1.80. The molecule has 1 aromatic heterocycles. The number of carbonyl (C=O) groups is 1. The molecule has 1 N–H and O–H groups in total. The van der Waals surface area contributed by atoms with Crippen molar-refractivity contribution in [2.45, 2.75) is 6.92 Å². The number of nitro benzene ring substituents is 1. The van der Waals surface area contributed by atoms with Crippen LogP contribution in [-0.2, 0) is 0 Å². The maximum atomic E-state index is 12.1. The van der Waals surface area contributed by atoms with Crippen molar-refractivity contribution in [3.05, 3.63) is 57.9 Å². The highest BCUT2D eigenvalue weighted by atomic mass is 16.6. The van der Waals surface area contributed by atoms with Crippen LogP contribution >= 0.6 is 0 Å². The van der Waals surface area contributed by atoms with Crippen LogP contribution in [0.5, 0.6) is 5.75 Å². The molecular weight excluding hydrogens is 274 g/mol. The lowest BCUT2D eigenvalue weighted by molar-refractivity contribution is -0.385. The van der Waals surface area contributed by atoms with E-state index in [0.29, 0.717) is 5.69 Å². The van der Waals surface area contributed by atoms with Gasteiger partial charge in [0.1, 0.15) is 0 Å². The Morgan fingerprint density at radius 3 is 2.71 bits per heavy atom. The molecule has 0 atom stereocenters. The van der Waals surface area contributed by atoms with Crippen molar-refractivity contribution >= 4 is 17.3 Å². The molecule has 7 nitrogen and oxygen atoms in total. The molecule has 0 aliphatic heterocycles. The van der Waals surface area contributed by atoms with Crippen LogP contribution in [0, 0.1) is 17.0 Å². The average molecular weight is 287 g/mol. The second kappa shape index (κ2) is 6.00. The van der Waals surface area contributed by atoms with Gasteiger partial charge >= 0.3 is 5.69 Å². The quantitative estimate of drug-likeness (QED) is 0.688. The number of nitro groups is 1. The molecule has 0 saturated carbocycles. The van der Waals surface area contributed by atoms with Gasteiger partial charge in [-0.25, -0.2) is 0 Å². The largest absolute Gasteiger partial charge is 0.490 e. The molecule has 0 bridgehead atoms. The summed E-state index contributed by atoms with van der Waals surface area (Å²) in [4.78, 5) is 26.5. The normalized spacial score (nSPS) is 10.0. The zero-order valence-electron chi connectivity index (χ0n) is 11.5. The van der Waals surface area contributed by atoms with E-state index in [2.05, 4.69) is 10.3 Å². The number of methoxy groups -OCH3 is 1. The lowest BCUT2D eigenvalue weighted by Crippen LogP contribution is -2.12. The van der Waals surface area contributed by atoms with E-state index in [1.807, 2.05) is 0 Å². The lowest BCUT2D eigenvalue weighted by atomic mass is 10.1. The van der Waals surface area contributed by atoms with E-state index in [9.17, 15) is 14.9 Å². The van der Waals surface area contributed by atoms with Crippen LogP contribution in [0.25, 0.3) is 0 Å². The fourth-order valence-electron chi connectivity index (χ4n) is 1.80. The molecule has 0 saturated heterocycles. The van der Waals surface area contributed by atoms with Crippen molar-refractivity contribution in [2.75, 3.05) is 12.4 Å². The third-order valence-corrected chi connectivity index (χ3v) is 2.79. The van der Waals surface area contributed by atoms with Gasteiger partial charge in [0.15, 0.2) is 5.75 Å². The maximum absolute atomic E-state index is 12.1. The molecule has 0 aliphatic rings. The smallest absolute Gasteiger partial charge is 0.311 e. The van der Waals surface area contributed by atoms with Gasteiger partial charge < -0.3 is 10.1 Å². The number of amides is 1. The molecule has 0 unspecified atom stereocenters. The minimum Gasteiger partial charge on any atom is -0.490 e. The number of rotatable bonds is 4. The van der Waals surface area contributed by atoms with Crippen molar-refractivity contribution in [1.29, 1.82) is 0 Å². The van der Waals surface area contributed by atoms with Crippen molar-refractivity contribution in [3.8, 4) is 5.75 Å².